The maximum absolute atomic E-state index is 14.2. The molecule has 1 saturated carbocycles. The quantitative estimate of drug-likeness (QED) is 0.413. The largest absolute Gasteiger partial charge is 0.416 e. The number of ether oxygens (including phenoxy) is 2. The minimum Gasteiger partial charge on any atom is -0.376 e. The molecule has 218 valence electrons. The molecule has 6 rings (SSSR count). The third-order valence-electron chi connectivity index (χ3n) is 8.61. The molecule has 1 N–H and O–H groups in total. The zero-order valence-electron chi connectivity index (χ0n) is 23.2. The zero-order valence-corrected chi connectivity index (χ0v) is 23.2. The molecule has 3 aliphatic rings. The molecule has 0 radical (unpaired) electrons. The van der Waals surface area contributed by atoms with Gasteiger partial charge in [-0.3, -0.25) is 4.79 Å². The Balaban J connectivity index is 1.31. The number of anilines is 1. The molecule has 2 atom stereocenters. The summed E-state index contributed by atoms with van der Waals surface area (Å²) in [5.41, 5.74) is 1.18. The van der Waals surface area contributed by atoms with Crippen LogP contribution in [0.1, 0.15) is 77.0 Å². The van der Waals surface area contributed by atoms with Gasteiger partial charge >= 0.3 is 6.18 Å². The van der Waals surface area contributed by atoms with E-state index in [1.807, 2.05) is 29.8 Å². The van der Waals surface area contributed by atoms with Crippen LogP contribution in [0.5, 0.6) is 0 Å². The van der Waals surface area contributed by atoms with Crippen molar-refractivity contribution in [3.05, 3.63) is 76.4 Å². The van der Waals surface area contributed by atoms with Gasteiger partial charge in [-0.1, -0.05) is 12.1 Å². The van der Waals surface area contributed by atoms with Gasteiger partial charge in [0.25, 0.3) is 5.91 Å². The molecule has 2 fully saturated rings. The number of rotatable bonds is 8. The van der Waals surface area contributed by atoms with Crippen LogP contribution in [0.15, 0.2) is 42.7 Å². The Morgan fingerprint density at radius 2 is 2.02 bits per heavy atom. The Kier molecular flexibility index (Phi) is 7.37. The van der Waals surface area contributed by atoms with Crippen molar-refractivity contribution in [2.24, 2.45) is 7.05 Å². The number of carbonyl (C=O) groups excluding carboxylic acids is 1. The van der Waals surface area contributed by atoms with E-state index in [0.717, 1.165) is 30.7 Å². The van der Waals surface area contributed by atoms with Crippen LogP contribution in [0.2, 0.25) is 0 Å². The highest BCUT2D eigenvalue weighted by molar-refractivity contribution is 6.10. The summed E-state index contributed by atoms with van der Waals surface area (Å²) in [6, 6.07) is 10.2. The van der Waals surface area contributed by atoms with Crippen molar-refractivity contribution in [2.45, 2.75) is 69.4 Å². The van der Waals surface area contributed by atoms with Gasteiger partial charge in [0.05, 0.1) is 38.0 Å². The number of halogens is 3. The molecule has 8 nitrogen and oxygen atoms in total. The molecule has 2 aliphatic heterocycles. The first-order valence-electron chi connectivity index (χ1n) is 14.0. The minimum absolute atomic E-state index is 0.0177. The monoisotopic (exact) mass is 569 g/mol. The molecule has 1 aliphatic carbocycles. The summed E-state index contributed by atoms with van der Waals surface area (Å²) in [6.45, 7) is 3.74. The first-order valence-corrected chi connectivity index (χ1v) is 14.0. The van der Waals surface area contributed by atoms with E-state index in [1.54, 1.807) is 18.5 Å². The number of hydrogen-bond donors (Lipinski definition) is 1. The van der Waals surface area contributed by atoms with Crippen LogP contribution < -0.4 is 10.2 Å². The van der Waals surface area contributed by atoms with E-state index in [0.29, 0.717) is 37.5 Å². The van der Waals surface area contributed by atoms with Gasteiger partial charge in [0.1, 0.15) is 12.2 Å². The van der Waals surface area contributed by atoms with E-state index in [-0.39, 0.29) is 41.8 Å². The van der Waals surface area contributed by atoms with Gasteiger partial charge in [-0.25, -0.2) is 0 Å². The average molecular weight is 570 g/mol. The molecule has 3 heterocycles. The van der Waals surface area contributed by atoms with Crippen LogP contribution >= 0.6 is 0 Å². The average Bonchev–Trinajstić information content (AvgIpc) is 3.51. The van der Waals surface area contributed by atoms with Crippen molar-refractivity contribution in [3.8, 4) is 0 Å². The van der Waals surface area contributed by atoms with Gasteiger partial charge in [0.15, 0.2) is 0 Å². The normalized spacial score (nSPS) is 21.0. The predicted molar refractivity (Wildman–Crippen MR) is 146 cm³/mol. The lowest BCUT2D eigenvalue weighted by Gasteiger charge is -2.39. The second-order valence-corrected chi connectivity index (χ2v) is 11.6. The number of aromatic nitrogens is 3. The summed E-state index contributed by atoms with van der Waals surface area (Å²) < 4.78 is 56.0. The topological polar surface area (TPSA) is 81.5 Å². The Morgan fingerprint density at radius 1 is 1.20 bits per heavy atom. The smallest absolute Gasteiger partial charge is 0.376 e. The van der Waals surface area contributed by atoms with Crippen molar-refractivity contribution in [3.63, 3.8) is 0 Å². The van der Waals surface area contributed by atoms with Gasteiger partial charge in [-0.05, 0) is 73.6 Å². The fraction of sp³-hybridized carbons (Fsp3) is 0.500. The molecule has 1 amide bonds. The zero-order chi connectivity index (χ0) is 28.8. The minimum atomic E-state index is -4.57. The predicted octanol–water partition coefficient (Wildman–Crippen LogP) is 4.96. The Labute approximate surface area is 236 Å². The number of hydrogen-bond acceptors (Lipinski definition) is 6. The summed E-state index contributed by atoms with van der Waals surface area (Å²) in [7, 11) is 1.86. The number of alkyl halides is 3. The Morgan fingerprint density at radius 3 is 2.68 bits per heavy atom. The van der Waals surface area contributed by atoms with Gasteiger partial charge in [-0.15, -0.1) is 10.2 Å². The lowest BCUT2D eigenvalue weighted by atomic mass is 9.78. The van der Waals surface area contributed by atoms with Gasteiger partial charge in [-0.2, -0.15) is 13.2 Å². The van der Waals surface area contributed by atoms with Gasteiger partial charge < -0.3 is 24.3 Å². The third kappa shape index (κ3) is 5.62. The van der Waals surface area contributed by atoms with Crippen LogP contribution in [-0.2, 0) is 35.8 Å². The number of nitrogens with zero attached hydrogens (tertiary/aromatic N) is 4. The first-order chi connectivity index (χ1) is 19.6. The van der Waals surface area contributed by atoms with Crippen molar-refractivity contribution in [1.82, 2.24) is 20.1 Å². The van der Waals surface area contributed by atoms with E-state index in [2.05, 4.69) is 22.4 Å². The highest BCUT2D eigenvalue weighted by Gasteiger charge is 2.41. The van der Waals surface area contributed by atoms with Crippen molar-refractivity contribution in [2.75, 3.05) is 24.7 Å². The summed E-state index contributed by atoms with van der Waals surface area (Å²) in [5.74, 6) is 0.0770. The van der Waals surface area contributed by atoms with E-state index in [4.69, 9.17) is 9.47 Å². The number of amides is 1. The maximum Gasteiger partial charge on any atom is 0.416 e. The molecule has 11 heteroatoms. The number of benzene rings is 2. The maximum atomic E-state index is 14.2. The van der Waals surface area contributed by atoms with Gasteiger partial charge in [0.2, 0.25) is 0 Å². The second kappa shape index (κ2) is 10.8. The molecule has 1 aromatic heterocycles. The molecule has 0 unspecified atom stereocenters. The Hall–Kier alpha value is -3.28. The van der Waals surface area contributed by atoms with Crippen molar-refractivity contribution in [1.29, 1.82) is 0 Å². The molecule has 0 bridgehead atoms. The lowest BCUT2D eigenvalue weighted by molar-refractivity contribution is -0.138. The number of fused-ring (bicyclic) bond motifs is 1. The second-order valence-electron chi connectivity index (χ2n) is 11.6. The van der Waals surface area contributed by atoms with Crippen LogP contribution in [0.25, 0.3) is 0 Å². The molecule has 1 saturated heterocycles. The molecular formula is C30H34F3N5O3. The van der Waals surface area contributed by atoms with Crippen LogP contribution in [0.4, 0.5) is 18.9 Å². The molecule has 41 heavy (non-hydrogen) atoms. The molecule has 3 aromatic rings. The van der Waals surface area contributed by atoms with E-state index < -0.39 is 17.6 Å². The molecule has 0 spiro atoms. The van der Waals surface area contributed by atoms with Crippen LogP contribution in [-0.4, -0.2) is 52.1 Å². The molecular weight excluding hydrogens is 535 g/mol. The highest BCUT2D eigenvalue weighted by atomic mass is 19.4. The summed E-state index contributed by atoms with van der Waals surface area (Å²) in [5, 5.41) is 11.8. The summed E-state index contributed by atoms with van der Waals surface area (Å²) in [4.78, 5) is 15.1. The van der Waals surface area contributed by atoms with E-state index in [9.17, 15) is 18.0 Å². The fourth-order valence-corrected chi connectivity index (χ4v) is 6.07. The van der Waals surface area contributed by atoms with E-state index >= 15 is 0 Å². The third-order valence-corrected chi connectivity index (χ3v) is 8.61. The molecule has 2 aromatic carbocycles. The number of aryl methyl sites for hydroxylation is 1. The fourth-order valence-electron chi connectivity index (χ4n) is 6.07. The first kappa shape index (κ1) is 27.9. The number of carbonyl (C=O) groups is 1. The van der Waals surface area contributed by atoms with Crippen LogP contribution in [0, 0.1) is 0 Å². The summed E-state index contributed by atoms with van der Waals surface area (Å²) in [6.07, 6.45) is 0.573. The van der Waals surface area contributed by atoms with Gasteiger partial charge in [0, 0.05) is 36.3 Å². The van der Waals surface area contributed by atoms with Crippen LogP contribution in [0.3, 0.4) is 0 Å². The number of nitrogens with one attached hydrogen (secondary N) is 1. The van der Waals surface area contributed by atoms with Crippen molar-refractivity contribution < 1.29 is 27.4 Å². The lowest BCUT2D eigenvalue weighted by Crippen LogP contribution is -2.47. The summed E-state index contributed by atoms with van der Waals surface area (Å²) >= 11 is 0. The SMILES string of the molecule is Cn1cnnc1[C@@H](C[C@H]1COCCO1)c1cccc(N2Cc3c(cc(CNC4(C)CCC4)cc3C(F)(F)F)C2=O)c1. The Bertz CT molecular complexity index is 1430. The van der Waals surface area contributed by atoms with E-state index in [1.165, 1.54) is 11.0 Å². The standard InChI is InChI=1S/C30H34F3N5O3/c1-29(7-4-8-29)34-15-19-11-24-25(26(12-19)30(31,32)33)16-38(28(24)39)21-6-3-5-20(13-21)23(27-36-35-18-37(27)2)14-22-17-40-9-10-41-22/h3,5-6,11-13,18,22-23,34H,4,7-10,14-17H2,1-2H3/t22-,23-/m0/s1. The highest BCUT2D eigenvalue weighted by Crippen LogP contribution is 2.41. The van der Waals surface area contributed by atoms with Crippen molar-refractivity contribution >= 4 is 11.6 Å².